The van der Waals surface area contributed by atoms with Crippen molar-refractivity contribution >= 4 is 28.1 Å². The lowest BCUT2D eigenvalue weighted by Gasteiger charge is -2.23. The van der Waals surface area contributed by atoms with Gasteiger partial charge in [-0.3, -0.25) is 9.78 Å². The van der Waals surface area contributed by atoms with Gasteiger partial charge in [-0.05, 0) is 49.4 Å². The molecule has 1 aliphatic heterocycles. The van der Waals surface area contributed by atoms with Crippen molar-refractivity contribution in [3.8, 4) is 28.4 Å². The molecule has 2 heterocycles. The lowest BCUT2D eigenvalue weighted by atomic mass is 9.95. The van der Waals surface area contributed by atoms with E-state index in [4.69, 9.17) is 9.47 Å². The predicted octanol–water partition coefficient (Wildman–Crippen LogP) is 6.57. The van der Waals surface area contributed by atoms with E-state index >= 15 is 0 Å². The van der Waals surface area contributed by atoms with Gasteiger partial charge in [0, 0.05) is 45.8 Å². The number of amides is 1. The zero-order chi connectivity index (χ0) is 22.1. The average Bonchev–Trinajstić information content (AvgIpc) is 3.11. The highest BCUT2D eigenvalue weighted by atomic mass is 32.1. The first-order valence-electron chi connectivity index (χ1n) is 11.1. The number of pyridine rings is 1. The van der Waals surface area contributed by atoms with Crippen LogP contribution < -0.4 is 14.8 Å². The van der Waals surface area contributed by atoms with Crippen LogP contribution in [0.15, 0.2) is 47.3 Å². The Morgan fingerprint density at radius 3 is 2.78 bits per heavy atom. The predicted molar refractivity (Wildman–Crippen MR) is 128 cm³/mol. The zero-order valence-corrected chi connectivity index (χ0v) is 19.1. The van der Waals surface area contributed by atoms with Crippen LogP contribution in [0.4, 0.5) is 0 Å². The van der Waals surface area contributed by atoms with Gasteiger partial charge >= 0.3 is 0 Å². The lowest BCUT2D eigenvalue weighted by molar-refractivity contribution is 0.0928. The molecule has 0 radical (unpaired) electrons. The summed E-state index contributed by atoms with van der Waals surface area (Å²) >= 11 is 1.59. The summed E-state index contributed by atoms with van der Waals surface area (Å²) in [6.07, 6.45) is 7.47. The Morgan fingerprint density at radius 1 is 1.12 bits per heavy atom. The van der Waals surface area contributed by atoms with Crippen molar-refractivity contribution in [1.82, 2.24) is 10.3 Å². The Labute approximate surface area is 191 Å². The topological polar surface area (TPSA) is 60.5 Å². The summed E-state index contributed by atoms with van der Waals surface area (Å²) in [6.45, 7) is 1.97. The molecule has 0 spiro atoms. The fourth-order valence-electron chi connectivity index (χ4n) is 4.64. The van der Waals surface area contributed by atoms with Crippen LogP contribution in [0, 0.1) is 6.92 Å². The molecule has 5 nitrogen and oxygen atoms in total. The van der Waals surface area contributed by atoms with Crippen LogP contribution in [0.1, 0.15) is 48.0 Å². The molecule has 32 heavy (non-hydrogen) atoms. The molecule has 2 aliphatic carbocycles. The Bertz CT molecular complexity index is 1240. The molecule has 0 unspecified atom stereocenters. The standard InChI is InChI=1S/C26H26N2O3S/c1-16-24(26(29)28-17-6-4-3-5-7-17)19-11-13-32-15-21(19)25(16)31-23-10-12-27-22-14-18(30-2)8-9-20(22)23/h8-15,17H,3-7H2,1-2H3,(H,28,29). The maximum absolute atomic E-state index is 13.3. The van der Waals surface area contributed by atoms with Crippen molar-refractivity contribution in [2.75, 3.05) is 7.11 Å². The van der Waals surface area contributed by atoms with Gasteiger partial charge in [0.1, 0.15) is 17.2 Å². The van der Waals surface area contributed by atoms with Gasteiger partial charge in [-0.15, -0.1) is 0 Å². The van der Waals surface area contributed by atoms with E-state index in [0.717, 1.165) is 51.9 Å². The summed E-state index contributed by atoms with van der Waals surface area (Å²) in [7, 11) is 1.64. The highest BCUT2D eigenvalue weighted by molar-refractivity contribution is 7.08. The molecule has 164 valence electrons. The fourth-order valence-corrected chi connectivity index (χ4v) is 5.30. The van der Waals surface area contributed by atoms with E-state index in [9.17, 15) is 4.79 Å². The minimum absolute atomic E-state index is 0.00484. The van der Waals surface area contributed by atoms with Crippen molar-refractivity contribution < 1.29 is 14.3 Å². The average molecular weight is 447 g/mol. The van der Waals surface area contributed by atoms with E-state index in [0.29, 0.717) is 11.3 Å². The number of nitrogens with one attached hydrogen (secondary N) is 1. The van der Waals surface area contributed by atoms with Crippen molar-refractivity contribution in [3.05, 3.63) is 58.4 Å². The van der Waals surface area contributed by atoms with Crippen molar-refractivity contribution in [2.24, 2.45) is 0 Å². The van der Waals surface area contributed by atoms with Crippen molar-refractivity contribution in [2.45, 2.75) is 45.1 Å². The van der Waals surface area contributed by atoms with Crippen LogP contribution in [0.2, 0.25) is 0 Å². The van der Waals surface area contributed by atoms with Crippen LogP contribution in [0.3, 0.4) is 0 Å². The first kappa shape index (κ1) is 20.8. The van der Waals surface area contributed by atoms with Crippen LogP contribution in [-0.4, -0.2) is 24.0 Å². The number of carbonyl (C=O) groups excluding carboxylic acids is 1. The van der Waals surface area contributed by atoms with Crippen LogP contribution in [0.25, 0.3) is 22.0 Å². The number of hydrogen-bond donors (Lipinski definition) is 1. The maximum atomic E-state index is 13.3. The number of hydrogen-bond acceptors (Lipinski definition) is 5. The highest BCUT2D eigenvalue weighted by Crippen LogP contribution is 2.46. The summed E-state index contributed by atoms with van der Waals surface area (Å²) < 4.78 is 11.8. The highest BCUT2D eigenvalue weighted by Gasteiger charge is 2.28. The summed E-state index contributed by atoms with van der Waals surface area (Å²) in [4.78, 5) is 17.8. The molecule has 0 atom stereocenters. The first-order valence-corrected chi connectivity index (χ1v) is 12.0. The van der Waals surface area contributed by atoms with Gasteiger partial charge in [0.15, 0.2) is 0 Å². The molecule has 1 aromatic heterocycles. The number of ether oxygens (including phenoxy) is 2. The molecule has 3 aliphatic rings. The van der Waals surface area contributed by atoms with E-state index in [-0.39, 0.29) is 11.9 Å². The normalized spacial score (nSPS) is 14.6. The summed E-state index contributed by atoms with van der Waals surface area (Å²) in [5, 5.41) is 8.24. The quantitative estimate of drug-likeness (QED) is 0.376. The van der Waals surface area contributed by atoms with E-state index in [1.165, 1.54) is 19.3 Å². The van der Waals surface area contributed by atoms with Gasteiger partial charge in [0.05, 0.1) is 18.2 Å². The van der Waals surface area contributed by atoms with Gasteiger partial charge in [0.2, 0.25) is 0 Å². The molecular weight excluding hydrogens is 420 g/mol. The Morgan fingerprint density at radius 2 is 1.97 bits per heavy atom. The molecule has 5 rings (SSSR count). The third-order valence-electron chi connectivity index (χ3n) is 6.31. The summed E-state index contributed by atoms with van der Waals surface area (Å²) in [5.74, 6) is 2.19. The van der Waals surface area contributed by atoms with Crippen LogP contribution in [0.5, 0.6) is 17.2 Å². The number of fused-ring (bicyclic) bond motifs is 2. The SMILES string of the molecule is COc1ccc2c(Oc3c4csccc-4c(C(=O)NC4CCCCC4)c3C)ccnc2c1. The minimum atomic E-state index is -0.00484. The van der Waals surface area contributed by atoms with E-state index in [2.05, 4.69) is 15.7 Å². The van der Waals surface area contributed by atoms with Crippen LogP contribution >= 0.6 is 11.3 Å². The second kappa shape index (κ2) is 8.79. The Hall–Kier alpha value is -3.12. The fraction of sp³-hybridized carbons (Fsp3) is 0.308. The maximum Gasteiger partial charge on any atom is 0.252 e. The smallest absolute Gasteiger partial charge is 0.252 e. The number of rotatable bonds is 5. The van der Waals surface area contributed by atoms with Crippen molar-refractivity contribution in [3.63, 3.8) is 0 Å². The molecule has 1 fully saturated rings. The van der Waals surface area contributed by atoms with Gasteiger partial charge in [-0.1, -0.05) is 19.3 Å². The monoisotopic (exact) mass is 446 g/mol. The molecule has 1 amide bonds. The second-order valence-electron chi connectivity index (χ2n) is 8.32. The number of nitrogens with zero attached hydrogens (tertiary/aromatic N) is 1. The largest absolute Gasteiger partial charge is 0.497 e. The summed E-state index contributed by atoms with van der Waals surface area (Å²) in [6, 6.07) is 9.89. The number of carbonyl (C=O) groups is 1. The van der Waals surface area contributed by atoms with E-state index < -0.39 is 0 Å². The molecule has 2 aromatic rings. The zero-order valence-electron chi connectivity index (χ0n) is 18.3. The Balaban J connectivity index is 1.53. The third kappa shape index (κ3) is 3.79. The minimum Gasteiger partial charge on any atom is -0.497 e. The number of methoxy groups -OCH3 is 1. The summed E-state index contributed by atoms with van der Waals surface area (Å²) in [5.41, 5.74) is 4.28. The number of aromatic nitrogens is 1. The first-order chi connectivity index (χ1) is 15.7. The number of benzene rings is 1. The van der Waals surface area contributed by atoms with Gasteiger partial charge < -0.3 is 14.8 Å². The molecule has 1 saturated carbocycles. The second-order valence-corrected chi connectivity index (χ2v) is 9.10. The van der Waals surface area contributed by atoms with Gasteiger partial charge in [-0.2, -0.15) is 11.3 Å². The Kier molecular flexibility index (Phi) is 5.70. The van der Waals surface area contributed by atoms with E-state index in [1.54, 1.807) is 24.6 Å². The lowest BCUT2D eigenvalue weighted by Crippen LogP contribution is -2.36. The molecule has 0 bridgehead atoms. The van der Waals surface area contributed by atoms with E-state index in [1.807, 2.05) is 42.6 Å². The van der Waals surface area contributed by atoms with Crippen molar-refractivity contribution in [1.29, 1.82) is 0 Å². The molecule has 0 saturated heterocycles. The third-order valence-corrected chi connectivity index (χ3v) is 6.97. The molecule has 6 heteroatoms. The van der Waals surface area contributed by atoms with Gasteiger partial charge in [0.25, 0.3) is 5.91 Å². The van der Waals surface area contributed by atoms with Crippen LogP contribution in [-0.2, 0) is 0 Å². The molecular formula is C26H26N2O3S. The molecule has 1 N–H and O–H groups in total. The molecule has 1 aromatic carbocycles. The van der Waals surface area contributed by atoms with Gasteiger partial charge in [-0.25, -0.2) is 0 Å².